The maximum Gasteiger partial charge on any atom is 0.426 e. The Morgan fingerprint density at radius 1 is 0.974 bits per heavy atom. The highest BCUT2D eigenvalue weighted by Gasteiger charge is 2.53. The molecule has 204 valence electrons. The Morgan fingerprint density at radius 2 is 1.58 bits per heavy atom. The molecule has 38 heavy (non-hydrogen) atoms. The molecule has 0 saturated heterocycles. The zero-order valence-corrected chi connectivity index (χ0v) is 22.2. The fourth-order valence-electron chi connectivity index (χ4n) is 6.07. The Hall–Kier alpha value is -2.41. The van der Waals surface area contributed by atoms with E-state index in [-0.39, 0.29) is 29.9 Å². The Kier molecular flexibility index (Phi) is 8.72. The van der Waals surface area contributed by atoms with Crippen LogP contribution >= 0.6 is 0 Å². The number of carboxylic acids is 1. The van der Waals surface area contributed by atoms with Gasteiger partial charge in [0.25, 0.3) is 10.1 Å². The first-order valence-electron chi connectivity index (χ1n) is 12.3. The van der Waals surface area contributed by atoms with Crippen LogP contribution in [0.5, 0.6) is 0 Å². The van der Waals surface area contributed by atoms with Crippen LogP contribution in [0.3, 0.4) is 0 Å². The smallest absolute Gasteiger partial charge is 0.426 e. The van der Waals surface area contributed by atoms with Gasteiger partial charge in [-0.15, -0.1) is 0 Å². The van der Waals surface area contributed by atoms with E-state index in [9.17, 15) is 41.1 Å². The minimum Gasteiger partial charge on any atom is -0.478 e. The molecule has 2 bridgehead atoms. The summed E-state index contributed by atoms with van der Waals surface area (Å²) in [6, 6.07) is 0. The van der Waals surface area contributed by atoms with E-state index >= 15 is 0 Å². The van der Waals surface area contributed by atoms with Crippen LogP contribution in [0.4, 0.5) is 13.2 Å². The molecule has 2 N–H and O–H groups in total. The third kappa shape index (κ3) is 6.08. The van der Waals surface area contributed by atoms with E-state index in [1.807, 2.05) is 23.5 Å². The van der Waals surface area contributed by atoms with Crippen molar-refractivity contribution in [3.63, 3.8) is 0 Å². The lowest BCUT2D eigenvalue weighted by molar-refractivity contribution is -0.218. The van der Waals surface area contributed by atoms with Gasteiger partial charge in [-0.1, -0.05) is 29.1 Å². The number of alkyl halides is 3. The van der Waals surface area contributed by atoms with Gasteiger partial charge in [0, 0.05) is 0 Å². The van der Waals surface area contributed by atoms with E-state index in [4.69, 9.17) is 9.29 Å². The van der Waals surface area contributed by atoms with E-state index in [2.05, 4.69) is 4.74 Å². The number of rotatable bonds is 9. The Bertz CT molecular complexity index is 1260. The van der Waals surface area contributed by atoms with E-state index in [0.717, 1.165) is 11.0 Å². The number of fused-ring (bicyclic) bond motifs is 2. The van der Waals surface area contributed by atoms with Crippen molar-refractivity contribution >= 4 is 70.3 Å². The van der Waals surface area contributed by atoms with Gasteiger partial charge in [0.1, 0.15) is 43.2 Å². The number of hydrogen-bond acceptors (Lipinski definition) is 7. The van der Waals surface area contributed by atoms with Gasteiger partial charge in [0.15, 0.2) is 0 Å². The SMILES string of the molecule is BCc1c(B)c(CB)c(C(=O)OC2CC3CC2CC3C(=O)OC(CS(=O)(=O)O)C(F)(F)F)c(C(=O)O)c1B. The van der Waals surface area contributed by atoms with Gasteiger partial charge in [0.2, 0.25) is 6.10 Å². The zero-order valence-electron chi connectivity index (χ0n) is 21.4. The first-order valence-corrected chi connectivity index (χ1v) is 13.9. The fraction of sp³-hybridized carbons (Fsp3) is 0.571. The molecule has 5 unspecified atom stereocenters. The number of esters is 2. The summed E-state index contributed by atoms with van der Waals surface area (Å²) < 4.78 is 80.4. The normalized spacial score (nSPS) is 23.7. The minimum atomic E-state index is -5.19. The summed E-state index contributed by atoms with van der Waals surface area (Å²) in [4.78, 5) is 37.9. The molecule has 2 aliphatic rings. The van der Waals surface area contributed by atoms with Gasteiger partial charge in [0.05, 0.1) is 17.0 Å². The maximum absolute atomic E-state index is 13.3. The highest BCUT2D eigenvalue weighted by molar-refractivity contribution is 7.85. The monoisotopic (exact) mass is 556 g/mol. The topological polar surface area (TPSA) is 144 Å². The van der Waals surface area contributed by atoms with Crippen molar-refractivity contribution in [3.8, 4) is 0 Å². The molecular formula is C21H27B4F3O9S. The van der Waals surface area contributed by atoms with Crippen molar-refractivity contribution in [3.05, 3.63) is 22.3 Å². The summed E-state index contributed by atoms with van der Waals surface area (Å²) in [7, 11) is 2.13. The molecule has 0 spiro atoms. The second kappa shape index (κ2) is 11.0. The van der Waals surface area contributed by atoms with Crippen LogP contribution in [0.25, 0.3) is 0 Å². The molecule has 0 amide bonds. The lowest BCUT2D eigenvalue weighted by atomic mass is 9.68. The van der Waals surface area contributed by atoms with Gasteiger partial charge in [-0.05, 0) is 36.7 Å². The van der Waals surface area contributed by atoms with E-state index < -0.39 is 64.0 Å². The van der Waals surface area contributed by atoms with Crippen LogP contribution in [-0.4, -0.2) is 91.5 Å². The molecule has 0 aliphatic heterocycles. The third-order valence-corrected chi connectivity index (χ3v) is 8.47. The molecule has 0 radical (unpaired) electrons. The molecule has 5 atom stereocenters. The molecular weight excluding hydrogens is 529 g/mol. The molecule has 2 aliphatic carbocycles. The molecule has 2 fully saturated rings. The number of carboxylic acid groups (broad SMARTS) is 1. The summed E-state index contributed by atoms with van der Waals surface area (Å²) in [5.41, 5.74) is 2.62. The van der Waals surface area contributed by atoms with Crippen LogP contribution < -0.4 is 10.9 Å². The number of carbonyl (C=O) groups is 3. The van der Waals surface area contributed by atoms with Crippen molar-refractivity contribution in [2.24, 2.45) is 17.8 Å². The predicted molar refractivity (Wildman–Crippen MR) is 140 cm³/mol. The number of halogens is 3. The molecule has 2 saturated carbocycles. The number of ether oxygens (including phenoxy) is 2. The summed E-state index contributed by atoms with van der Waals surface area (Å²) in [5, 5.41) is 9.90. The predicted octanol–water partition coefficient (Wildman–Crippen LogP) is -2.90. The number of benzene rings is 1. The Morgan fingerprint density at radius 3 is 2.03 bits per heavy atom. The van der Waals surface area contributed by atoms with Crippen LogP contribution in [0, 0.1) is 17.8 Å². The summed E-state index contributed by atoms with van der Waals surface area (Å²) in [6.07, 6.45) is -7.25. The molecule has 0 heterocycles. The van der Waals surface area contributed by atoms with Gasteiger partial charge >= 0.3 is 24.1 Å². The number of hydrogen-bond donors (Lipinski definition) is 2. The van der Waals surface area contributed by atoms with Crippen LogP contribution in [0.1, 0.15) is 51.1 Å². The lowest BCUT2D eigenvalue weighted by Crippen LogP contribution is -2.42. The van der Waals surface area contributed by atoms with Crippen molar-refractivity contribution in [1.82, 2.24) is 0 Å². The summed E-state index contributed by atoms with van der Waals surface area (Å²) >= 11 is 0. The average Bonchev–Trinajstić information content (AvgIpc) is 3.37. The lowest BCUT2D eigenvalue weighted by Gasteiger charge is -2.29. The van der Waals surface area contributed by atoms with Crippen LogP contribution in [-0.2, 0) is 37.0 Å². The van der Waals surface area contributed by atoms with Crippen molar-refractivity contribution in [2.75, 3.05) is 5.75 Å². The van der Waals surface area contributed by atoms with Crippen molar-refractivity contribution in [1.29, 1.82) is 0 Å². The largest absolute Gasteiger partial charge is 0.478 e. The number of aromatic carboxylic acids is 1. The minimum absolute atomic E-state index is 0.0100. The quantitative estimate of drug-likeness (QED) is 0.186. The van der Waals surface area contributed by atoms with E-state index in [1.54, 1.807) is 7.85 Å². The van der Waals surface area contributed by atoms with Crippen molar-refractivity contribution in [2.45, 2.75) is 50.3 Å². The fourth-order valence-corrected chi connectivity index (χ4v) is 6.71. The van der Waals surface area contributed by atoms with Gasteiger partial charge in [-0.25, -0.2) is 9.59 Å². The molecule has 3 rings (SSSR count). The number of carbonyl (C=O) groups excluding carboxylic acids is 2. The summed E-state index contributed by atoms with van der Waals surface area (Å²) in [6.45, 7) is 0. The average molecular weight is 556 g/mol. The molecule has 9 nitrogen and oxygen atoms in total. The zero-order chi connectivity index (χ0) is 28.7. The Balaban J connectivity index is 1.77. The van der Waals surface area contributed by atoms with E-state index in [1.165, 1.54) is 0 Å². The first-order chi connectivity index (χ1) is 17.5. The van der Waals surface area contributed by atoms with Gasteiger partial charge in [-0.3, -0.25) is 9.35 Å². The summed E-state index contributed by atoms with van der Waals surface area (Å²) in [5.74, 6) is -6.84. The standard InChI is InChI=1S/C21H27B4F3O9S/c22-4-10-14(15(18(29)30)17(25)11(5-23)16(10)24)20(32)36-12-3-7-1-8(12)2-9(7)19(31)37-13(21(26,27)28)6-38(33,34)35/h7-9,12-13H,1-6,22-25H2,(H,29,30)(H,33,34,35). The second-order valence-corrected chi connectivity index (χ2v) is 11.5. The second-order valence-electron chi connectivity index (χ2n) is 9.96. The molecule has 17 heteroatoms. The molecule has 0 aromatic heterocycles. The maximum atomic E-state index is 13.3. The highest BCUT2D eigenvalue weighted by atomic mass is 32.2. The van der Waals surface area contributed by atoms with Crippen LogP contribution in [0.2, 0.25) is 0 Å². The Labute approximate surface area is 221 Å². The first kappa shape index (κ1) is 30.1. The van der Waals surface area contributed by atoms with Gasteiger partial charge < -0.3 is 14.6 Å². The molecule has 1 aromatic carbocycles. The van der Waals surface area contributed by atoms with E-state index in [0.29, 0.717) is 30.1 Å². The highest BCUT2D eigenvalue weighted by Crippen LogP contribution is 2.50. The third-order valence-electron chi connectivity index (χ3n) is 7.75. The molecule has 1 aromatic rings. The van der Waals surface area contributed by atoms with Crippen LogP contribution in [0.15, 0.2) is 0 Å². The van der Waals surface area contributed by atoms with Gasteiger partial charge in [-0.2, -0.15) is 21.6 Å². The van der Waals surface area contributed by atoms with Crippen molar-refractivity contribution < 1.29 is 55.1 Å².